The van der Waals surface area contributed by atoms with Crippen molar-refractivity contribution < 1.29 is 18.3 Å². The fourth-order valence-electron chi connectivity index (χ4n) is 1.52. The number of ether oxygens (including phenoxy) is 2. The minimum Gasteiger partial charge on any atom is -0.497 e. The maximum absolute atomic E-state index is 13.9. The van der Waals surface area contributed by atoms with Gasteiger partial charge in [-0.05, 0) is 25.2 Å². The van der Waals surface area contributed by atoms with Crippen molar-refractivity contribution in [1.29, 1.82) is 0 Å². The van der Waals surface area contributed by atoms with Crippen LogP contribution in [0.25, 0.3) is 0 Å². The second kappa shape index (κ2) is 5.82. The van der Waals surface area contributed by atoms with Gasteiger partial charge in [-0.15, -0.1) is 0 Å². The zero-order valence-corrected chi connectivity index (χ0v) is 10.2. The van der Waals surface area contributed by atoms with Gasteiger partial charge >= 0.3 is 0 Å². The molecule has 17 heavy (non-hydrogen) atoms. The molecule has 0 amide bonds. The number of alkyl halides is 2. The van der Waals surface area contributed by atoms with E-state index in [2.05, 4.69) is 5.32 Å². The van der Waals surface area contributed by atoms with Crippen LogP contribution in [0.5, 0.6) is 11.5 Å². The van der Waals surface area contributed by atoms with Crippen LogP contribution in [-0.2, 0) is 5.92 Å². The summed E-state index contributed by atoms with van der Waals surface area (Å²) in [5.41, 5.74) is -0.144. The van der Waals surface area contributed by atoms with E-state index in [9.17, 15) is 8.78 Å². The smallest absolute Gasteiger partial charge is 0.278 e. The monoisotopic (exact) mass is 245 g/mol. The predicted molar refractivity (Wildman–Crippen MR) is 62.0 cm³/mol. The summed E-state index contributed by atoms with van der Waals surface area (Å²) < 4.78 is 37.8. The number of hydrogen-bond acceptors (Lipinski definition) is 3. The summed E-state index contributed by atoms with van der Waals surface area (Å²) in [5.74, 6) is -2.38. The second-order valence-electron chi connectivity index (χ2n) is 3.62. The molecule has 0 aromatic heterocycles. The minimum absolute atomic E-state index is 0.144. The van der Waals surface area contributed by atoms with Crippen LogP contribution in [0.15, 0.2) is 18.2 Å². The number of halogens is 2. The molecule has 0 fully saturated rings. The number of benzene rings is 1. The molecule has 1 rings (SSSR count). The van der Waals surface area contributed by atoms with Crippen molar-refractivity contribution in [3.8, 4) is 11.5 Å². The maximum Gasteiger partial charge on any atom is 0.278 e. The molecule has 1 aromatic rings. The third-order valence-electron chi connectivity index (χ3n) is 2.49. The summed E-state index contributed by atoms with van der Waals surface area (Å²) in [6.45, 7) is 0.230. The Hall–Kier alpha value is -1.36. The molecule has 1 aromatic carbocycles. The molecule has 0 saturated carbocycles. The molecule has 1 N–H and O–H groups in total. The van der Waals surface area contributed by atoms with Crippen molar-refractivity contribution in [2.45, 2.75) is 12.3 Å². The fraction of sp³-hybridized carbons (Fsp3) is 0.500. The van der Waals surface area contributed by atoms with Crippen LogP contribution in [0.4, 0.5) is 8.78 Å². The lowest BCUT2D eigenvalue weighted by atomic mass is 10.0. The molecule has 3 nitrogen and oxygen atoms in total. The fourth-order valence-corrected chi connectivity index (χ4v) is 1.52. The Morgan fingerprint density at radius 1 is 1.24 bits per heavy atom. The van der Waals surface area contributed by atoms with E-state index in [1.54, 1.807) is 13.1 Å². The first kappa shape index (κ1) is 13.7. The largest absolute Gasteiger partial charge is 0.497 e. The van der Waals surface area contributed by atoms with Crippen LogP contribution in [-0.4, -0.2) is 27.8 Å². The van der Waals surface area contributed by atoms with E-state index in [0.717, 1.165) is 0 Å². The first-order valence-corrected chi connectivity index (χ1v) is 5.30. The summed E-state index contributed by atoms with van der Waals surface area (Å²) in [6.07, 6.45) is -0.285. The van der Waals surface area contributed by atoms with Crippen molar-refractivity contribution in [3.05, 3.63) is 23.8 Å². The van der Waals surface area contributed by atoms with Crippen LogP contribution in [0.2, 0.25) is 0 Å². The van der Waals surface area contributed by atoms with Gasteiger partial charge in [0.25, 0.3) is 5.92 Å². The second-order valence-corrected chi connectivity index (χ2v) is 3.62. The van der Waals surface area contributed by atoms with E-state index in [-0.39, 0.29) is 24.3 Å². The molecule has 0 unspecified atom stereocenters. The molecule has 0 bridgehead atoms. The van der Waals surface area contributed by atoms with Gasteiger partial charge < -0.3 is 14.8 Å². The molecule has 0 spiro atoms. The molecular formula is C12H17F2NO2. The molecule has 0 atom stereocenters. The van der Waals surface area contributed by atoms with Gasteiger partial charge in [-0.1, -0.05) is 0 Å². The van der Waals surface area contributed by atoms with E-state index in [1.807, 2.05) is 0 Å². The predicted octanol–water partition coefficient (Wildman–Crippen LogP) is 2.41. The lowest BCUT2D eigenvalue weighted by Gasteiger charge is -2.20. The Morgan fingerprint density at radius 3 is 2.47 bits per heavy atom. The molecule has 0 aliphatic carbocycles. The SMILES string of the molecule is CNCCC(F)(F)c1cc(OC)ccc1OC. The highest BCUT2D eigenvalue weighted by Crippen LogP contribution is 2.39. The van der Waals surface area contributed by atoms with Gasteiger partial charge in [0, 0.05) is 13.0 Å². The van der Waals surface area contributed by atoms with E-state index in [1.165, 1.54) is 26.4 Å². The van der Waals surface area contributed by atoms with Crippen LogP contribution >= 0.6 is 0 Å². The highest BCUT2D eigenvalue weighted by atomic mass is 19.3. The lowest BCUT2D eigenvalue weighted by Crippen LogP contribution is -2.21. The Morgan fingerprint density at radius 2 is 1.94 bits per heavy atom. The van der Waals surface area contributed by atoms with Gasteiger partial charge in [-0.25, -0.2) is 8.78 Å². The standard InChI is InChI=1S/C12H17F2NO2/c1-15-7-6-12(13,14)10-8-9(16-2)4-5-11(10)17-3/h4-5,8,15H,6-7H2,1-3H3. The summed E-state index contributed by atoms with van der Waals surface area (Å²) in [5, 5.41) is 2.71. The van der Waals surface area contributed by atoms with Crippen LogP contribution in [0.3, 0.4) is 0 Å². The Bertz CT molecular complexity index is 370. The molecule has 5 heteroatoms. The quantitative estimate of drug-likeness (QED) is 0.834. The lowest BCUT2D eigenvalue weighted by molar-refractivity contribution is -0.0146. The molecule has 0 aliphatic heterocycles. The van der Waals surface area contributed by atoms with Crippen molar-refractivity contribution in [2.24, 2.45) is 0 Å². The summed E-state index contributed by atoms with van der Waals surface area (Å²) in [7, 11) is 4.45. The average Bonchev–Trinajstić information content (AvgIpc) is 2.35. The molecule has 0 heterocycles. The topological polar surface area (TPSA) is 30.5 Å². The van der Waals surface area contributed by atoms with Gasteiger partial charge in [-0.2, -0.15) is 0 Å². The third-order valence-corrected chi connectivity index (χ3v) is 2.49. The van der Waals surface area contributed by atoms with Crippen molar-refractivity contribution in [2.75, 3.05) is 27.8 Å². The average molecular weight is 245 g/mol. The zero-order valence-electron chi connectivity index (χ0n) is 10.2. The minimum atomic E-state index is -2.94. The summed E-state index contributed by atoms with van der Waals surface area (Å²) in [4.78, 5) is 0. The third kappa shape index (κ3) is 3.30. The van der Waals surface area contributed by atoms with Crippen molar-refractivity contribution in [3.63, 3.8) is 0 Å². The molecule has 0 saturated heterocycles. The van der Waals surface area contributed by atoms with Gasteiger partial charge in [0.05, 0.1) is 19.8 Å². The number of nitrogens with one attached hydrogen (secondary N) is 1. The maximum atomic E-state index is 13.9. The number of rotatable bonds is 6. The van der Waals surface area contributed by atoms with Gasteiger partial charge in [0.1, 0.15) is 11.5 Å². The van der Waals surface area contributed by atoms with Gasteiger partial charge in [0.15, 0.2) is 0 Å². The van der Waals surface area contributed by atoms with Crippen LogP contribution < -0.4 is 14.8 Å². The number of methoxy groups -OCH3 is 2. The van der Waals surface area contributed by atoms with Crippen LogP contribution in [0.1, 0.15) is 12.0 Å². The first-order chi connectivity index (χ1) is 8.05. The van der Waals surface area contributed by atoms with E-state index in [4.69, 9.17) is 9.47 Å². The Balaban J connectivity index is 3.07. The summed E-state index contributed by atoms with van der Waals surface area (Å²) in [6, 6.07) is 4.40. The molecular weight excluding hydrogens is 228 g/mol. The van der Waals surface area contributed by atoms with E-state index in [0.29, 0.717) is 5.75 Å². The zero-order chi connectivity index (χ0) is 12.9. The van der Waals surface area contributed by atoms with E-state index < -0.39 is 5.92 Å². The first-order valence-electron chi connectivity index (χ1n) is 5.30. The van der Waals surface area contributed by atoms with Gasteiger partial charge in [0.2, 0.25) is 0 Å². The Kier molecular flexibility index (Phi) is 4.69. The molecule has 96 valence electrons. The normalized spacial score (nSPS) is 11.4. The Labute approximate surface area is 99.7 Å². The number of hydrogen-bond donors (Lipinski definition) is 1. The highest BCUT2D eigenvalue weighted by molar-refractivity contribution is 5.42. The van der Waals surface area contributed by atoms with Crippen molar-refractivity contribution in [1.82, 2.24) is 5.32 Å². The van der Waals surface area contributed by atoms with E-state index >= 15 is 0 Å². The van der Waals surface area contributed by atoms with Gasteiger partial charge in [-0.3, -0.25) is 0 Å². The van der Waals surface area contributed by atoms with Crippen molar-refractivity contribution >= 4 is 0 Å². The molecule has 0 aliphatic rings. The molecule has 0 radical (unpaired) electrons. The highest BCUT2D eigenvalue weighted by Gasteiger charge is 2.34. The van der Waals surface area contributed by atoms with Crippen LogP contribution in [0, 0.1) is 0 Å². The summed E-state index contributed by atoms with van der Waals surface area (Å²) >= 11 is 0.